The Morgan fingerprint density at radius 1 is 0.767 bits per heavy atom. The van der Waals surface area contributed by atoms with Crippen molar-refractivity contribution < 1.29 is 4.74 Å². The Balaban J connectivity index is 1.30. The maximum Gasteiger partial charge on any atom is 0.119 e. The van der Waals surface area contributed by atoms with E-state index in [-0.39, 0.29) is 0 Å². The third-order valence-corrected chi connectivity index (χ3v) is 7.68. The van der Waals surface area contributed by atoms with Crippen LogP contribution in [0.2, 0.25) is 0 Å². The normalized spacial score (nSPS) is 24.5. The van der Waals surface area contributed by atoms with Crippen molar-refractivity contribution in [3.63, 3.8) is 0 Å². The highest BCUT2D eigenvalue weighted by atomic mass is 16.5. The molecule has 1 unspecified atom stereocenters. The van der Waals surface area contributed by atoms with Crippen LogP contribution in [-0.4, -0.2) is 6.61 Å². The van der Waals surface area contributed by atoms with Gasteiger partial charge in [-0.3, -0.25) is 0 Å². The molecule has 1 fully saturated rings. The Kier molecular flexibility index (Phi) is 10.3. The molecule has 1 heteroatoms. The van der Waals surface area contributed by atoms with Crippen molar-refractivity contribution in [2.75, 3.05) is 6.61 Å². The van der Waals surface area contributed by atoms with Gasteiger partial charge in [0.1, 0.15) is 5.75 Å². The molecule has 0 saturated heterocycles. The molecule has 0 N–H and O–H groups in total. The second kappa shape index (κ2) is 13.2. The van der Waals surface area contributed by atoms with Gasteiger partial charge >= 0.3 is 0 Å². The first-order valence-corrected chi connectivity index (χ1v) is 13.2. The summed E-state index contributed by atoms with van der Waals surface area (Å²) in [5, 5.41) is 0. The quantitative estimate of drug-likeness (QED) is 0.247. The highest BCUT2D eigenvalue weighted by Gasteiger charge is 2.22. The molecule has 0 aliphatic heterocycles. The fraction of sp³-hybridized carbons (Fsp3) is 0.724. The second-order valence-electron chi connectivity index (χ2n) is 10.1. The summed E-state index contributed by atoms with van der Waals surface area (Å²) in [6.07, 6.45) is 23.3. The van der Waals surface area contributed by atoms with Crippen LogP contribution in [0.25, 0.3) is 0 Å². The van der Waals surface area contributed by atoms with Crippen molar-refractivity contribution >= 4 is 0 Å². The Bertz CT molecular complexity index is 606. The Morgan fingerprint density at radius 2 is 1.47 bits per heavy atom. The van der Waals surface area contributed by atoms with E-state index in [9.17, 15) is 0 Å². The molecular weight excluding hydrogens is 364 g/mol. The van der Waals surface area contributed by atoms with Crippen LogP contribution in [0.1, 0.15) is 109 Å². The SMILES string of the molecule is CCCCOc1ccc(CCC2=CCC(CCC3CCC(CCC)CC3)CC2)cc1. The van der Waals surface area contributed by atoms with Gasteiger partial charge in [0.05, 0.1) is 6.61 Å². The third kappa shape index (κ3) is 8.12. The molecular formula is C29H46O. The molecule has 30 heavy (non-hydrogen) atoms. The zero-order valence-electron chi connectivity index (χ0n) is 19.8. The Labute approximate surface area is 186 Å². The van der Waals surface area contributed by atoms with Gasteiger partial charge in [0.25, 0.3) is 0 Å². The van der Waals surface area contributed by atoms with Crippen LogP contribution < -0.4 is 4.74 Å². The van der Waals surface area contributed by atoms with Gasteiger partial charge in [0.2, 0.25) is 0 Å². The molecule has 168 valence electrons. The Morgan fingerprint density at radius 3 is 2.10 bits per heavy atom. The molecule has 1 aromatic carbocycles. The lowest BCUT2D eigenvalue weighted by Crippen LogP contribution is -2.16. The van der Waals surface area contributed by atoms with E-state index >= 15 is 0 Å². The Hall–Kier alpha value is -1.24. The molecule has 1 atom stereocenters. The van der Waals surface area contributed by atoms with Crippen LogP contribution in [-0.2, 0) is 6.42 Å². The third-order valence-electron chi connectivity index (χ3n) is 7.68. The van der Waals surface area contributed by atoms with E-state index in [4.69, 9.17) is 4.74 Å². The molecule has 1 nitrogen and oxygen atoms in total. The van der Waals surface area contributed by atoms with Crippen molar-refractivity contribution in [1.82, 2.24) is 0 Å². The smallest absolute Gasteiger partial charge is 0.119 e. The molecule has 0 amide bonds. The summed E-state index contributed by atoms with van der Waals surface area (Å²) < 4.78 is 5.78. The molecule has 1 aromatic rings. The number of aryl methyl sites for hydroxylation is 1. The van der Waals surface area contributed by atoms with Crippen LogP contribution in [0, 0.1) is 17.8 Å². The molecule has 2 aliphatic carbocycles. The van der Waals surface area contributed by atoms with Crippen LogP contribution in [0.3, 0.4) is 0 Å². The first-order valence-electron chi connectivity index (χ1n) is 13.2. The van der Waals surface area contributed by atoms with Crippen molar-refractivity contribution in [3.8, 4) is 5.75 Å². The zero-order valence-corrected chi connectivity index (χ0v) is 19.8. The predicted octanol–water partition coefficient (Wildman–Crippen LogP) is 8.91. The predicted molar refractivity (Wildman–Crippen MR) is 130 cm³/mol. The second-order valence-corrected chi connectivity index (χ2v) is 10.1. The number of rotatable bonds is 12. The summed E-state index contributed by atoms with van der Waals surface area (Å²) in [5.74, 6) is 4.07. The maximum absolute atomic E-state index is 5.78. The summed E-state index contributed by atoms with van der Waals surface area (Å²) in [6, 6.07) is 8.80. The minimum atomic E-state index is 0.837. The van der Waals surface area contributed by atoms with Gasteiger partial charge in [-0.05, 0) is 80.4 Å². The van der Waals surface area contributed by atoms with Gasteiger partial charge in [0.15, 0.2) is 0 Å². The van der Waals surface area contributed by atoms with E-state index in [1.54, 1.807) is 5.57 Å². The van der Waals surface area contributed by atoms with Gasteiger partial charge in [-0.2, -0.15) is 0 Å². The van der Waals surface area contributed by atoms with Gasteiger partial charge in [0, 0.05) is 0 Å². The number of benzene rings is 1. The minimum Gasteiger partial charge on any atom is -0.494 e. The molecule has 0 aromatic heterocycles. The highest BCUT2D eigenvalue weighted by molar-refractivity contribution is 5.28. The number of unbranched alkanes of at least 4 members (excludes halogenated alkanes) is 1. The van der Waals surface area contributed by atoms with Gasteiger partial charge < -0.3 is 4.74 Å². The van der Waals surface area contributed by atoms with Gasteiger partial charge in [-0.25, -0.2) is 0 Å². The molecule has 0 radical (unpaired) electrons. The molecule has 0 bridgehead atoms. The summed E-state index contributed by atoms with van der Waals surface area (Å²) in [4.78, 5) is 0. The molecule has 1 saturated carbocycles. The summed E-state index contributed by atoms with van der Waals surface area (Å²) in [5.41, 5.74) is 3.15. The van der Waals surface area contributed by atoms with E-state index in [1.165, 1.54) is 95.5 Å². The summed E-state index contributed by atoms with van der Waals surface area (Å²) in [7, 11) is 0. The summed E-state index contributed by atoms with van der Waals surface area (Å²) >= 11 is 0. The number of hydrogen-bond acceptors (Lipinski definition) is 1. The molecule has 0 spiro atoms. The summed E-state index contributed by atoms with van der Waals surface area (Å²) in [6.45, 7) is 5.38. The minimum absolute atomic E-state index is 0.837. The number of hydrogen-bond donors (Lipinski definition) is 0. The topological polar surface area (TPSA) is 9.23 Å². The number of ether oxygens (including phenoxy) is 1. The number of allylic oxidation sites excluding steroid dienone is 2. The van der Waals surface area contributed by atoms with Crippen molar-refractivity contribution in [2.24, 2.45) is 17.8 Å². The van der Waals surface area contributed by atoms with Crippen molar-refractivity contribution in [3.05, 3.63) is 41.5 Å². The van der Waals surface area contributed by atoms with E-state index in [0.717, 1.165) is 36.5 Å². The van der Waals surface area contributed by atoms with E-state index in [0.29, 0.717) is 0 Å². The lowest BCUT2D eigenvalue weighted by molar-refractivity contribution is 0.236. The standard InChI is InChI=1S/C29H46O/c1-3-5-23-30-29-21-19-28(20-22-29)18-17-27-15-13-26(14-16-27)12-11-25-9-7-24(6-4-2)8-10-25/h15,19-22,24-26H,3-14,16-18,23H2,1-2H3. The fourth-order valence-corrected chi connectivity index (χ4v) is 5.51. The first kappa shape index (κ1) is 23.4. The van der Waals surface area contributed by atoms with Gasteiger partial charge in [-0.1, -0.05) is 89.0 Å². The zero-order chi connectivity index (χ0) is 21.0. The monoisotopic (exact) mass is 410 g/mol. The largest absolute Gasteiger partial charge is 0.494 e. The average Bonchev–Trinajstić information content (AvgIpc) is 2.79. The van der Waals surface area contributed by atoms with Crippen LogP contribution in [0.4, 0.5) is 0 Å². The molecule has 2 aliphatic rings. The molecule has 3 rings (SSSR count). The van der Waals surface area contributed by atoms with Crippen LogP contribution in [0.5, 0.6) is 5.75 Å². The van der Waals surface area contributed by atoms with E-state index in [2.05, 4.69) is 44.2 Å². The van der Waals surface area contributed by atoms with Crippen molar-refractivity contribution in [1.29, 1.82) is 0 Å². The van der Waals surface area contributed by atoms with Crippen molar-refractivity contribution in [2.45, 2.75) is 110 Å². The average molecular weight is 411 g/mol. The highest BCUT2D eigenvalue weighted by Crippen LogP contribution is 2.36. The molecule has 0 heterocycles. The van der Waals surface area contributed by atoms with E-state index < -0.39 is 0 Å². The maximum atomic E-state index is 5.78. The van der Waals surface area contributed by atoms with Crippen LogP contribution in [0.15, 0.2) is 35.9 Å². The fourth-order valence-electron chi connectivity index (χ4n) is 5.51. The van der Waals surface area contributed by atoms with Crippen LogP contribution >= 0.6 is 0 Å². The first-order chi connectivity index (χ1) is 14.8. The van der Waals surface area contributed by atoms with E-state index in [1.807, 2.05) is 0 Å². The van der Waals surface area contributed by atoms with Gasteiger partial charge in [-0.15, -0.1) is 0 Å². The lowest BCUT2D eigenvalue weighted by atomic mass is 9.76. The lowest BCUT2D eigenvalue weighted by Gasteiger charge is -2.30.